The Balaban J connectivity index is 0.000000637. The number of rotatable bonds is 2. The van der Waals surface area contributed by atoms with Crippen LogP contribution in [0.4, 0.5) is 0 Å². The highest BCUT2D eigenvalue weighted by Crippen LogP contribution is 2.21. The predicted octanol–water partition coefficient (Wildman–Crippen LogP) is 3.43. The molecule has 98 valence electrons. The van der Waals surface area contributed by atoms with Crippen LogP contribution < -0.4 is 4.74 Å². The zero-order valence-corrected chi connectivity index (χ0v) is 11.4. The zero-order chi connectivity index (χ0) is 13.7. The average Bonchev–Trinajstić information content (AvgIpc) is 2.97. The summed E-state index contributed by atoms with van der Waals surface area (Å²) in [6.45, 7) is 4.00. The Morgan fingerprint density at radius 3 is 2.42 bits per heavy atom. The molecule has 0 aliphatic rings. The van der Waals surface area contributed by atoms with Crippen LogP contribution in [0.1, 0.15) is 13.8 Å². The van der Waals surface area contributed by atoms with Gasteiger partial charge in [0.1, 0.15) is 5.75 Å². The molecular weight excluding hydrogens is 238 g/mol. The lowest BCUT2D eigenvalue weighted by Crippen LogP contribution is -1.91. The molecule has 0 saturated carbocycles. The van der Waals surface area contributed by atoms with E-state index in [9.17, 15) is 0 Å². The fraction of sp³-hybridized carbons (Fsp3) is 0.200. The second kappa shape index (κ2) is 6.00. The van der Waals surface area contributed by atoms with E-state index in [0.29, 0.717) is 0 Å². The number of fused-ring (bicyclic) bond motifs is 1. The number of hydrogen-bond acceptors (Lipinski definition) is 3. The Morgan fingerprint density at radius 1 is 1.00 bits per heavy atom. The Hall–Kier alpha value is -2.36. The van der Waals surface area contributed by atoms with Crippen LogP contribution in [0.25, 0.3) is 16.8 Å². The van der Waals surface area contributed by atoms with Crippen LogP contribution in [-0.4, -0.2) is 21.7 Å². The molecule has 0 unspecified atom stereocenters. The number of aromatic nitrogens is 3. The van der Waals surface area contributed by atoms with Gasteiger partial charge in [-0.3, -0.25) is 0 Å². The van der Waals surface area contributed by atoms with Crippen LogP contribution in [0.5, 0.6) is 5.75 Å². The Labute approximate surface area is 112 Å². The summed E-state index contributed by atoms with van der Waals surface area (Å²) >= 11 is 0. The number of nitrogens with zero attached hydrogens (tertiary/aromatic N) is 3. The SMILES string of the molecule is CC.COc1ccc(-c2cnc3ccnn3c2)cc1. The number of methoxy groups -OCH3 is 1. The number of hydrogen-bond donors (Lipinski definition) is 0. The van der Waals surface area contributed by atoms with Crippen molar-refractivity contribution in [2.75, 3.05) is 7.11 Å². The molecule has 0 fully saturated rings. The minimum Gasteiger partial charge on any atom is -0.497 e. The molecule has 0 amide bonds. The van der Waals surface area contributed by atoms with E-state index >= 15 is 0 Å². The van der Waals surface area contributed by atoms with Gasteiger partial charge in [-0.05, 0) is 17.7 Å². The normalized spacial score (nSPS) is 9.84. The maximum Gasteiger partial charge on any atom is 0.154 e. The van der Waals surface area contributed by atoms with Gasteiger partial charge in [-0.2, -0.15) is 5.10 Å². The number of ether oxygens (including phenoxy) is 1. The second-order valence-corrected chi connectivity index (χ2v) is 3.71. The van der Waals surface area contributed by atoms with Gasteiger partial charge in [0.15, 0.2) is 5.65 Å². The zero-order valence-electron chi connectivity index (χ0n) is 11.4. The van der Waals surface area contributed by atoms with E-state index in [0.717, 1.165) is 22.5 Å². The van der Waals surface area contributed by atoms with Crippen molar-refractivity contribution >= 4 is 5.65 Å². The van der Waals surface area contributed by atoms with Crippen LogP contribution in [0, 0.1) is 0 Å². The quantitative estimate of drug-likeness (QED) is 0.704. The van der Waals surface area contributed by atoms with Gasteiger partial charge in [0.05, 0.1) is 13.3 Å². The Morgan fingerprint density at radius 2 is 1.74 bits per heavy atom. The monoisotopic (exact) mass is 255 g/mol. The lowest BCUT2D eigenvalue weighted by molar-refractivity contribution is 0.415. The molecule has 0 bridgehead atoms. The minimum atomic E-state index is 0.849. The third-order valence-electron chi connectivity index (χ3n) is 2.67. The van der Waals surface area contributed by atoms with Gasteiger partial charge in [0, 0.05) is 24.0 Å². The summed E-state index contributed by atoms with van der Waals surface area (Å²) in [5.74, 6) is 0.849. The van der Waals surface area contributed by atoms with Crippen molar-refractivity contribution in [2.24, 2.45) is 0 Å². The summed E-state index contributed by atoms with van der Waals surface area (Å²) in [7, 11) is 1.66. The third-order valence-corrected chi connectivity index (χ3v) is 2.67. The summed E-state index contributed by atoms with van der Waals surface area (Å²) in [5.41, 5.74) is 2.97. The maximum absolute atomic E-state index is 5.13. The van der Waals surface area contributed by atoms with Crippen molar-refractivity contribution in [1.82, 2.24) is 14.6 Å². The van der Waals surface area contributed by atoms with E-state index in [1.54, 1.807) is 17.8 Å². The van der Waals surface area contributed by atoms with Gasteiger partial charge in [-0.15, -0.1) is 0 Å². The van der Waals surface area contributed by atoms with Crippen molar-refractivity contribution in [3.05, 3.63) is 48.9 Å². The Kier molecular flexibility index (Phi) is 4.13. The van der Waals surface area contributed by atoms with Crippen LogP contribution >= 0.6 is 0 Å². The molecule has 0 N–H and O–H groups in total. The molecule has 3 aromatic rings. The van der Waals surface area contributed by atoms with Gasteiger partial charge in [-0.1, -0.05) is 26.0 Å². The van der Waals surface area contributed by atoms with E-state index in [1.807, 2.05) is 56.6 Å². The first-order valence-electron chi connectivity index (χ1n) is 6.30. The first-order valence-corrected chi connectivity index (χ1v) is 6.30. The first-order chi connectivity index (χ1) is 9.36. The van der Waals surface area contributed by atoms with Crippen LogP contribution in [0.2, 0.25) is 0 Å². The van der Waals surface area contributed by atoms with Gasteiger partial charge < -0.3 is 4.74 Å². The van der Waals surface area contributed by atoms with E-state index < -0.39 is 0 Å². The summed E-state index contributed by atoms with van der Waals surface area (Å²) < 4.78 is 6.89. The average molecular weight is 255 g/mol. The molecule has 2 heterocycles. The van der Waals surface area contributed by atoms with E-state index in [2.05, 4.69) is 10.1 Å². The lowest BCUT2D eigenvalue weighted by Gasteiger charge is -2.03. The lowest BCUT2D eigenvalue weighted by atomic mass is 10.1. The fourth-order valence-corrected chi connectivity index (χ4v) is 1.74. The highest BCUT2D eigenvalue weighted by Gasteiger charge is 2.01. The summed E-state index contributed by atoms with van der Waals surface area (Å²) in [4.78, 5) is 4.33. The first kappa shape index (κ1) is 13.1. The van der Waals surface area contributed by atoms with Crippen molar-refractivity contribution < 1.29 is 4.74 Å². The highest BCUT2D eigenvalue weighted by molar-refractivity contribution is 5.63. The molecule has 0 spiro atoms. The topological polar surface area (TPSA) is 39.4 Å². The van der Waals surface area contributed by atoms with Crippen LogP contribution in [-0.2, 0) is 0 Å². The molecule has 0 aliphatic heterocycles. The van der Waals surface area contributed by atoms with Crippen molar-refractivity contribution in [3.8, 4) is 16.9 Å². The summed E-state index contributed by atoms with van der Waals surface area (Å²) in [6, 6.07) is 9.75. The molecule has 0 aliphatic carbocycles. The molecule has 0 atom stereocenters. The van der Waals surface area contributed by atoms with Crippen LogP contribution in [0.15, 0.2) is 48.9 Å². The molecular formula is C15H17N3O. The van der Waals surface area contributed by atoms with Crippen molar-refractivity contribution in [2.45, 2.75) is 13.8 Å². The van der Waals surface area contributed by atoms with Gasteiger partial charge >= 0.3 is 0 Å². The molecule has 19 heavy (non-hydrogen) atoms. The molecule has 3 rings (SSSR count). The maximum atomic E-state index is 5.13. The van der Waals surface area contributed by atoms with E-state index in [4.69, 9.17) is 4.74 Å². The van der Waals surface area contributed by atoms with Crippen molar-refractivity contribution in [1.29, 1.82) is 0 Å². The number of benzene rings is 1. The summed E-state index contributed by atoms with van der Waals surface area (Å²) in [5, 5.41) is 4.17. The Bertz CT molecular complexity index is 644. The molecule has 4 heteroatoms. The molecule has 1 aromatic carbocycles. The molecule has 2 aromatic heterocycles. The largest absolute Gasteiger partial charge is 0.497 e. The van der Waals surface area contributed by atoms with Gasteiger partial charge in [-0.25, -0.2) is 9.50 Å². The predicted molar refractivity (Wildman–Crippen MR) is 76.3 cm³/mol. The van der Waals surface area contributed by atoms with Crippen LogP contribution in [0.3, 0.4) is 0 Å². The van der Waals surface area contributed by atoms with Gasteiger partial charge in [0.2, 0.25) is 0 Å². The summed E-state index contributed by atoms with van der Waals surface area (Å²) in [6.07, 6.45) is 5.54. The highest BCUT2D eigenvalue weighted by atomic mass is 16.5. The standard InChI is InChI=1S/C13H11N3O.C2H6/c1-17-12-4-2-10(3-5-12)11-8-14-13-6-7-15-16(13)9-11;1-2/h2-9H,1H3;1-2H3. The van der Waals surface area contributed by atoms with Crippen molar-refractivity contribution in [3.63, 3.8) is 0 Å². The minimum absolute atomic E-state index is 0.849. The second-order valence-electron chi connectivity index (χ2n) is 3.71. The smallest absolute Gasteiger partial charge is 0.154 e. The molecule has 0 radical (unpaired) electrons. The molecule has 0 saturated heterocycles. The van der Waals surface area contributed by atoms with Gasteiger partial charge in [0.25, 0.3) is 0 Å². The third kappa shape index (κ3) is 2.73. The fourth-order valence-electron chi connectivity index (χ4n) is 1.74. The van der Waals surface area contributed by atoms with E-state index in [-0.39, 0.29) is 0 Å². The molecule has 4 nitrogen and oxygen atoms in total. The van der Waals surface area contributed by atoms with E-state index in [1.165, 1.54) is 0 Å².